The standard InChI is InChI=1S/C36H37F5N4O5/c1-5-48-32(46)27-21-42-45(31(27)35(37,38)36(39,40)41)30-12-8-10-28(43-30)26-9-6-7-11-29(26)49-22-23-13-15-24(16-14-23)25-17-19-44(20-18-25)33(47)50-34(2,3)4/h6-16,21,25H,5,17-20,22H2,1-4H3. The Labute approximate surface area is 286 Å². The van der Waals surface area contributed by atoms with Gasteiger partial charge in [-0.3, -0.25) is 0 Å². The number of likely N-dealkylation sites (tertiary alicyclic amines) is 1. The first-order valence-corrected chi connectivity index (χ1v) is 16.1. The Morgan fingerprint density at radius 3 is 2.22 bits per heavy atom. The van der Waals surface area contributed by atoms with Crippen LogP contribution in [0.1, 0.15) is 73.6 Å². The average molecular weight is 701 g/mol. The number of hydrogen-bond donors (Lipinski definition) is 0. The third-order valence-electron chi connectivity index (χ3n) is 8.02. The van der Waals surface area contributed by atoms with Gasteiger partial charge in [0.05, 0.1) is 18.5 Å². The van der Waals surface area contributed by atoms with Gasteiger partial charge >= 0.3 is 24.2 Å². The van der Waals surface area contributed by atoms with Crippen LogP contribution in [0.15, 0.2) is 72.9 Å². The number of benzene rings is 2. The number of carbonyl (C=O) groups is 2. The normalized spacial score (nSPS) is 14.4. The second-order valence-electron chi connectivity index (χ2n) is 12.8. The number of carbonyl (C=O) groups excluding carboxylic acids is 2. The molecule has 266 valence electrons. The van der Waals surface area contributed by atoms with Crippen molar-refractivity contribution in [3.63, 3.8) is 0 Å². The van der Waals surface area contributed by atoms with Crippen LogP contribution in [0.25, 0.3) is 17.1 Å². The predicted octanol–water partition coefficient (Wildman–Crippen LogP) is 8.46. The molecule has 5 rings (SSSR count). The number of piperidine rings is 1. The number of esters is 1. The van der Waals surface area contributed by atoms with Crippen molar-refractivity contribution in [1.29, 1.82) is 0 Å². The number of hydrogen-bond acceptors (Lipinski definition) is 7. The predicted molar refractivity (Wildman–Crippen MR) is 173 cm³/mol. The van der Waals surface area contributed by atoms with Crippen molar-refractivity contribution in [1.82, 2.24) is 19.7 Å². The summed E-state index contributed by atoms with van der Waals surface area (Å²) >= 11 is 0. The van der Waals surface area contributed by atoms with E-state index in [1.54, 1.807) is 35.2 Å². The SMILES string of the molecule is CCOC(=O)c1cnn(-c2cccc(-c3ccccc3OCc3ccc(C4CCN(C(=O)OC(C)(C)C)CC4)cc3)n2)c1C(F)(F)C(F)(F)F. The van der Waals surface area contributed by atoms with Crippen LogP contribution in [0.3, 0.4) is 0 Å². The molecule has 0 bridgehead atoms. The molecule has 9 nitrogen and oxygen atoms in total. The van der Waals surface area contributed by atoms with Gasteiger partial charge in [0.2, 0.25) is 0 Å². The number of aromatic nitrogens is 3. The molecule has 0 N–H and O–H groups in total. The number of amides is 1. The van der Waals surface area contributed by atoms with Crippen molar-refractivity contribution in [3.05, 3.63) is 95.3 Å². The second-order valence-corrected chi connectivity index (χ2v) is 12.8. The van der Waals surface area contributed by atoms with Crippen molar-refractivity contribution in [2.75, 3.05) is 19.7 Å². The van der Waals surface area contributed by atoms with Crippen molar-refractivity contribution in [2.45, 2.75) is 70.8 Å². The number of alkyl halides is 5. The Bertz CT molecular complexity index is 1810. The number of nitrogens with zero attached hydrogens (tertiary/aromatic N) is 4. The van der Waals surface area contributed by atoms with Gasteiger partial charge in [0.15, 0.2) is 5.82 Å². The summed E-state index contributed by atoms with van der Waals surface area (Å²) in [6, 6.07) is 19.0. The van der Waals surface area contributed by atoms with E-state index in [2.05, 4.69) is 10.1 Å². The first-order chi connectivity index (χ1) is 23.6. The van der Waals surface area contributed by atoms with Gasteiger partial charge in [-0.1, -0.05) is 42.5 Å². The molecule has 0 spiro atoms. The molecule has 3 heterocycles. The third kappa shape index (κ3) is 8.06. The quantitative estimate of drug-likeness (QED) is 0.128. The summed E-state index contributed by atoms with van der Waals surface area (Å²) in [5.41, 5.74) is -0.589. The summed E-state index contributed by atoms with van der Waals surface area (Å²) in [5, 5.41) is 3.69. The number of halogens is 5. The lowest BCUT2D eigenvalue weighted by Crippen LogP contribution is -2.41. The summed E-state index contributed by atoms with van der Waals surface area (Å²) in [7, 11) is 0. The molecule has 1 aliphatic rings. The molecule has 0 atom stereocenters. The number of para-hydroxylation sites is 1. The van der Waals surface area contributed by atoms with Crippen LogP contribution in [0.4, 0.5) is 26.7 Å². The lowest BCUT2D eigenvalue weighted by Gasteiger charge is -2.33. The van der Waals surface area contributed by atoms with Gasteiger partial charge in [0.1, 0.15) is 29.2 Å². The minimum Gasteiger partial charge on any atom is -0.488 e. The fourth-order valence-corrected chi connectivity index (χ4v) is 5.58. The first-order valence-electron chi connectivity index (χ1n) is 16.1. The molecule has 0 aliphatic carbocycles. The monoisotopic (exact) mass is 700 g/mol. The van der Waals surface area contributed by atoms with Crippen LogP contribution in [0.5, 0.6) is 5.75 Å². The minimum atomic E-state index is -6.03. The molecular weight excluding hydrogens is 663 g/mol. The highest BCUT2D eigenvalue weighted by Gasteiger charge is 2.62. The maximum atomic E-state index is 14.8. The smallest absolute Gasteiger partial charge is 0.459 e. The Hall–Kier alpha value is -5.01. The second kappa shape index (κ2) is 14.5. The van der Waals surface area contributed by atoms with Crippen LogP contribution < -0.4 is 4.74 Å². The average Bonchev–Trinajstić information content (AvgIpc) is 3.53. The molecule has 0 saturated carbocycles. The van der Waals surface area contributed by atoms with Crippen LogP contribution in [0.2, 0.25) is 0 Å². The molecule has 1 aliphatic heterocycles. The molecule has 1 saturated heterocycles. The molecule has 14 heteroatoms. The summed E-state index contributed by atoms with van der Waals surface area (Å²) < 4.78 is 86.9. The van der Waals surface area contributed by atoms with Gasteiger partial charge in [0.25, 0.3) is 0 Å². The Morgan fingerprint density at radius 2 is 1.58 bits per heavy atom. The van der Waals surface area contributed by atoms with E-state index >= 15 is 0 Å². The Morgan fingerprint density at radius 1 is 0.900 bits per heavy atom. The van der Waals surface area contributed by atoms with E-state index in [9.17, 15) is 31.5 Å². The van der Waals surface area contributed by atoms with Crippen LogP contribution in [-0.4, -0.2) is 63.2 Å². The minimum absolute atomic E-state index is 0.179. The zero-order valence-electron chi connectivity index (χ0n) is 28.0. The molecular formula is C36H37F5N4O5. The maximum Gasteiger partial charge on any atom is 0.459 e. The first kappa shape index (κ1) is 36.3. The van der Waals surface area contributed by atoms with Crippen LogP contribution in [-0.2, 0) is 22.0 Å². The topological polar surface area (TPSA) is 95.8 Å². The van der Waals surface area contributed by atoms with E-state index < -0.39 is 34.9 Å². The highest BCUT2D eigenvalue weighted by atomic mass is 19.4. The molecule has 1 amide bonds. The van der Waals surface area contributed by atoms with Crippen molar-refractivity contribution >= 4 is 12.1 Å². The molecule has 50 heavy (non-hydrogen) atoms. The molecule has 0 unspecified atom stereocenters. The summed E-state index contributed by atoms with van der Waals surface area (Å²) in [5.74, 6) is -6.51. The Kier molecular flexibility index (Phi) is 10.5. The molecule has 1 fully saturated rings. The van der Waals surface area contributed by atoms with Crippen LogP contribution >= 0.6 is 0 Å². The summed E-state index contributed by atoms with van der Waals surface area (Å²) in [6.07, 6.45) is -4.10. The largest absolute Gasteiger partial charge is 0.488 e. The third-order valence-corrected chi connectivity index (χ3v) is 8.02. The lowest BCUT2D eigenvalue weighted by atomic mass is 9.89. The zero-order valence-corrected chi connectivity index (χ0v) is 28.0. The van der Waals surface area contributed by atoms with E-state index in [4.69, 9.17) is 14.2 Å². The van der Waals surface area contributed by atoms with E-state index in [0.29, 0.717) is 41.2 Å². The Balaban J connectivity index is 1.32. The molecule has 0 radical (unpaired) electrons. The van der Waals surface area contributed by atoms with E-state index in [1.165, 1.54) is 19.1 Å². The van der Waals surface area contributed by atoms with E-state index in [0.717, 1.165) is 24.0 Å². The fraction of sp³-hybridized carbons (Fsp3) is 0.389. The van der Waals surface area contributed by atoms with Crippen molar-refractivity contribution in [3.8, 4) is 22.8 Å². The van der Waals surface area contributed by atoms with Gasteiger partial charge in [0, 0.05) is 18.7 Å². The highest BCUT2D eigenvalue weighted by molar-refractivity contribution is 5.91. The van der Waals surface area contributed by atoms with E-state index in [-0.39, 0.29) is 30.8 Å². The number of rotatable bonds is 9. The molecule has 2 aromatic carbocycles. The highest BCUT2D eigenvalue weighted by Crippen LogP contribution is 2.46. The molecule has 4 aromatic rings. The van der Waals surface area contributed by atoms with Crippen LogP contribution in [0, 0.1) is 0 Å². The van der Waals surface area contributed by atoms with Crippen molar-refractivity contribution < 1.29 is 45.8 Å². The van der Waals surface area contributed by atoms with E-state index in [1.807, 2.05) is 45.0 Å². The van der Waals surface area contributed by atoms with Crippen molar-refractivity contribution in [2.24, 2.45) is 0 Å². The molecule has 2 aromatic heterocycles. The zero-order chi connectivity index (χ0) is 36.3. The van der Waals surface area contributed by atoms with Gasteiger partial charge in [-0.05, 0) is 81.8 Å². The van der Waals surface area contributed by atoms with Gasteiger partial charge < -0.3 is 19.1 Å². The summed E-state index contributed by atoms with van der Waals surface area (Å²) in [4.78, 5) is 30.8. The lowest BCUT2D eigenvalue weighted by molar-refractivity contribution is -0.291. The van der Waals surface area contributed by atoms with Gasteiger partial charge in [-0.2, -0.15) is 27.1 Å². The summed E-state index contributed by atoms with van der Waals surface area (Å²) in [6.45, 7) is 8.07. The maximum absolute atomic E-state index is 14.8. The number of pyridine rings is 1. The van der Waals surface area contributed by atoms with Gasteiger partial charge in [-0.25, -0.2) is 19.3 Å². The fourth-order valence-electron chi connectivity index (χ4n) is 5.58. The van der Waals surface area contributed by atoms with Gasteiger partial charge in [-0.15, -0.1) is 0 Å². The number of ether oxygens (including phenoxy) is 3.